The average Bonchev–Trinajstić information content (AvgIpc) is 2.75. The van der Waals surface area contributed by atoms with Crippen LogP contribution in [0, 0.1) is 0 Å². The quantitative estimate of drug-likeness (QED) is 0.400. The number of hydrogen-bond acceptors (Lipinski definition) is 4. The van der Waals surface area contributed by atoms with Crippen molar-refractivity contribution in [2.24, 2.45) is 0 Å². The van der Waals surface area contributed by atoms with Gasteiger partial charge in [0.15, 0.2) is 0 Å². The van der Waals surface area contributed by atoms with Crippen molar-refractivity contribution in [3.63, 3.8) is 0 Å². The second-order valence-corrected chi connectivity index (χ2v) is 5.89. The molecule has 8 nitrogen and oxygen atoms in total. The number of amides is 4. The van der Waals surface area contributed by atoms with Crippen molar-refractivity contribution in [1.29, 1.82) is 0 Å². The van der Waals surface area contributed by atoms with Gasteiger partial charge in [0.1, 0.15) is 0 Å². The van der Waals surface area contributed by atoms with Crippen molar-refractivity contribution < 1.29 is 14.4 Å². The Bertz CT molecular complexity index is 991. The molecular weight excluding hydrogens is 358 g/mol. The lowest BCUT2D eigenvalue weighted by Gasteiger charge is -2.10. The van der Waals surface area contributed by atoms with Crippen LogP contribution in [0.2, 0.25) is 0 Å². The Kier molecular flexibility index (Phi) is 6.14. The van der Waals surface area contributed by atoms with E-state index in [1.165, 1.54) is 6.20 Å². The van der Waals surface area contributed by atoms with Gasteiger partial charge in [-0.3, -0.25) is 20.0 Å². The van der Waals surface area contributed by atoms with E-state index in [1.54, 1.807) is 30.5 Å². The van der Waals surface area contributed by atoms with E-state index in [4.69, 9.17) is 0 Å². The third kappa shape index (κ3) is 5.04. The van der Waals surface area contributed by atoms with E-state index in [-0.39, 0.29) is 19.0 Å². The number of pyridine rings is 1. The van der Waals surface area contributed by atoms with Crippen LogP contribution in [0.1, 0.15) is 20.7 Å². The van der Waals surface area contributed by atoms with E-state index in [0.29, 0.717) is 11.1 Å². The first-order valence-corrected chi connectivity index (χ1v) is 8.65. The molecule has 0 radical (unpaired) electrons. The van der Waals surface area contributed by atoms with Gasteiger partial charge in [0, 0.05) is 31.0 Å². The Morgan fingerprint density at radius 1 is 0.750 bits per heavy atom. The van der Waals surface area contributed by atoms with Gasteiger partial charge in [-0.05, 0) is 35.0 Å². The number of carbonyl (C=O) groups excluding carboxylic acids is 3. The molecule has 0 aliphatic rings. The van der Waals surface area contributed by atoms with Gasteiger partial charge in [0.25, 0.3) is 11.8 Å². The number of carbonyl (C=O) groups is 3. The molecule has 0 aliphatic carbocycles. The molecule has 142 valence electrons. The largest absolute Gasteiger partial charge is 0.350 e. The molecule has 0 bridgehead atoms. The molecule has 28 heavy (non-hydrogen) atoms. The summed E-state index contributed by atoms with van der Waals surface area (Å²) in [5.41, 5.74) is 5.49. The van der Waals surface area contributed by atoms with Crippen molar-refractivity contribution in [3.8, 4) is 0 Å². The maximum Gasteiger partial charge on any atom is 0.333 e. The van der Waals surface area contributed by atoms with Gasteiger partial charge >= 0.3 is 6.03 Å². The minimum Gasteiger partial charge on any atom is -0.350 e. The van der Waals surface area contributed by atoms with Crippen LogP contribution in [-0.4, -0.2) is 35.9 Å². The summed E-state index contributed by atoms with van der Waals surface area (Å²) in [4.78, 5) is 39.6. The molecule has 8 heteroatoms. The monoisotopic (exact) mass is 377 g/mol. The summed E-state index contributed by atoms with van der Waals surface area (Å²) in [5, 5.41) is 7.14. The highest BCUT2D eigenvalue weighted by molar-refractivity contribution is 5.99. The van der Waals surface area contributed by atoms with Crippen molar-refractivity contribution >= 4 is 28.6 Å². The summed E-state index contributed by atoms with van der Waals surface area (Å²) in [6.07, 6.45) is 3.03. The van der Waals surface area contributed by atoms with E-state index in [2.05, 4.69) is 26.5 Å². The lowest BCUT2D eigenvalue weighted by molar-refractivity contribution is 0.0935. The standard InChI is InChI=1S/C20H19N5O3/c26-18(17-6-3-9-21-13-17)22-10-11-23-20(28)25-24-19(27)16-8-7-14-4-1-2-5-15(14)12-16/h1-9,12-13H,10-11H2,(H,22,26)(H,24,27)(H2,23,25,28). The highest BCUT2D eigenvalue weighted by atomic mass is 16.2. The minimum absolute atomic E-state index is 0.198. The number of rotatable bonds is 5. The third-order valence-corrected chi connectivity index (χ3v) is 3.92. The molecule has 2 aromatic carbocycles. The van der Waals surface area contributed by atoms with Gasteiger partial charge in [0.2, 0.25) is 0 Å². The first kappa shape index (κ1) is 18.8. The Hall–Kier alpha value is -3.94. The highest BCUT2D eigenvalue weighted by Gasteiger charge is 2.08. The van der Waals surface area contributed by atoms with Gasteiger partial charge in [-0.2, -0.15) is 0 Å². The van der Waals surface area contributed by atoms with Crippen LogP contribution >= 0.6 is 0 Å². The summed E-state index contributed by atoms with van der Waals surface area (Å²) in [6, 6.07) is 15.7. The summed E-state index contributed by atoms with van der Waals surface area (Å²) in [5.74, 6) is -0.703. The Morgan fingerprint density at radius 2 is 1.54 bits per heavy atom. The van der Waals surface area contributed by atoms with Gasteiger partial charge in [-0.1, -0.05) is 30.3 Å². The van der Waals surface area contributed by atoms with Crippen LogP contribution in [0.5, 0.6) is 0 Å². The summed E-state index contributed by atoms with van der Waals surface area (Å²) in [6.45, 7) is 0.434. The van der Waals surface area contributed by atoms with Crippen molar-refractivity contribution in [1.82, 2.24) is 26.5 Å². The number of nitrogens with zero attached hydrogens (tertiary/aromatic N) is 1. The SMILES string of the molecule is O=C(NCCNC(=O)c1cccnc1)NNC(=O)c1ccc2ccccc2c1. The Labute approximate surface area is 161 Å². The number of nitrogens with one attached hydrogen (secondary N) is 4. The molecule has 3 aromatic rings. The molecule has 0 fully saturated rings. The van der Waals surface area contributed by atoms with Gasteiger partial charge in [-0.25, -0.2) is 10.2 Å². The molecule has 1 heterocycles. The molecular formula is C20H19N5O3. The van der Waals surface area contributed by atoms with Crippen molar-refractivity contribution in [3.05, 3.63) is 78.1 Å². The molecule has 0 saturated carbocycles. The molecule has 4 N–H and O–H groups in total. The predicted molar refractivity (Wildman–Crippen MR) is 105 cm³/mol. The first-order chi connectivity index (χ1) is 13.6. The molecule has 3 rings (SSSR count). The van der Waals surface area contributed by atoms with Crippen molar-refractivity contribution in [2.45, 2.75) is 0 Å². The number of urea groups is 1. The number of aromatic nitrogens is 1. The van der Waals surface area contributed by atoms with Crippen LogP contribution in [0.15, 0.2) is 67.0 Å². The molecule has 0 saturated heterocycles. The topological polar surface area (TPSA) is 112 Å². The third-order valence-electron chi connectivity index (χ3n) is 3.92. The van der Waals surface area contributed by atoms with E-state index in [1.807, 2.05) is 30.3 Å². The zero-order valence-corrected chi connectivity index (χ0v) is 14.9. The molecule has 0 unspecified atom stereocenters. The zero-order chi connectivity index (χ0) is 19.8. The lowest BCUT2D eigenvalue weighted by atomic mass is 10.1. The molecule has 1 aromatic heterocycles. The Morgan fingerprint density at radius 3 is 2.32 bits per heavy atom. The van der Waals surface area contributed by atoms with Crippen LogP contribution in [0.4, 0.5) is 4.79 Å². The first-order valence-electron chi connectivity index (χ1n) is 8.65. The minimum atomic E-state index is -0.579. The summed E-state index contributed by atoms with van der Waals surface area (Å²) in [7, 11) is 0. The molecule has 4 amide bonds. The maximum absolute atomic E-state index is 12.2. The summed E-state index contributed by atoms with van der Waals surface area (Å²) >= 11 is 0. The van der Waals surface area contributed by atoms with Crippen LogP contribution in [0.3, 0.4) is 0 Å². The van der Waals surface area contributed by atoms with E-state index < -0.39 is 11.9 Å². The fourth-order valence-corrected chi connectivity index (χ4v) is 2.51. The van der Waals surface area contributed by atoms with Crippen LogP contribution in [0.25, 0.3) is 10.8 Å². The number of hydrazine groups is 1. The number of fused-ring (bicyclic) bond motifs is 1. The van der Waals surface area contributed by atoms with E-state index in [9.17, 15) is 14.4 Å². The van der Waals surface area contributed by atoms with E-state index >= 15 is 0 Å². The second kappa shape index (κ2) is 9.13. The maximum atomic E-state index is 12.2. The lowest BCUT2D eigenvalue weighted by Crippen LogP contribution is -2.48. The molecule has 0 aliphatic heterocycles. The van der Waals surface area contributed by atoms with Crippen LogP contribution < -0.4 is 21.5 Å². The fourth-order valence-electron chi connectivity index (χ4n) is 2.51. The normalized spacial score (nSPS) is 10.1. The van der Waals surface area contributed by atoms with Crippen LogP contribution in [-0.2, 0) is 0 Å². The zero-order valence-electron chi connectivity index (χ0n) is 14.9. The van der Waals surface area contributed by atoms with Crippen molar-refractivity contribution in [2.75, 3.05) is 13.1 Å². The van der Waals surface area contributed by atoms with Gasteiger partial charge in [0.05, 0.1) is 5.56 Å². The molecule has 0 atom stereocenters. The van der Waals surface area contributed by atoms with E-state index in [0.717, 1.165) is 10.8 Å². The van der Waals surface area contributed by atoms with Gasteiger partial charge in [-0.15, -0.1) is 0 Å². The van der Waals surface area contributed by atoms with Gasteiger partial charge < -0.3 is 10.6 Å². The fraction of sp³-hybridized carbons (Fsp3) is 0.100. The molecule has 0 spiro atoms. The smallest absolute Gasteiger partial charge is 0.333 e. The number of benzene rings is 2. The second-order valence-electron chi connectivity index (χ2n) is 5.89. The average molecular weight is 377 g/mol. The number of hydrogen-bond donors (Lipinski definition) is 4. The Balaban J connectivity index is 1.39. The summed E-state index contributed by atoms with van der Waals surface area (Å²) < 4.78 is 0. The highest BCUT2D eigenvalue weighted by Crippen LogP contribution is 2.15. The predicted octanol–water partition coefficient (Wildman–Crippen LogP) is 1.61.